The number of carbonyl (C=O) groups excluding carboxylic acids is 2. The molecular weight excluding hydrogens is 363 g/mol. The Hall–Kier alpha value is -2.58. The minimum absolute atomic E-state index is 0.245. The molecule has 0 radical (unpaired) electrons. The summed E-state index contributed by atoms with van der Waals surface area (Å²) in [6, 6.07) is 3.17. The molecular formula is C18H22F3N3O3. The number of nitrogens with one attached hydrogen (secondary N) is 1. The summed E-state index contributed by atoms with van der Waals surface area (Å²) in [5.74, 6) is -1.98. The Kier molecular flexibility index (Phi) is 6.12. The zero-order valence-corrected chi connectivity index (χ0v) is 15.4. The topological polar surface area (TPSA) is 71.5 Å². The molecule has 0 aromatic carbocycles. The smallest absolute Gasteiger partial charge is 0.444 e. The molecule has 0 fully saturated rings. The van der Waals surface area contributed by atoms with Crippen LogP contribution in [0.1, 0.15) is 38.4 Å². The van der Waals surface area contributed by atoms with E-state index in [0.717, 1.165) is 5.57 Å². The second kappa shape index (κ2) is 7.98. The minimum Gasteiger partial charge on any atom is -0.444 e. The minimum atomic E-state index is -4.91. The Bertz CT molecular complexity index is 739. The van der Waals surface area contributed by atoms with E-state index in [-0.39, 0.29) is 6.54 Å². The molecule has 1 aromatic heterocycles. The van der Waals surface area contributed by atoms with Crippen LogP contribution in [0.4, 0.5) is 18.0 Å². The van der Waals surface area contributed by atoms with E-state index in [0.29, 0.717) is 30.8 Å². The van der Waals surface area contributed by atoms with E-state index in [1.165, 1.54) is 12.3 Å². The number of rotatable bonds is 3. The molecule has 1 N–H and O–H groups in total. The zero-order valence-electron chi connectivity index (χ0n) is 15.4. The van der Waals surface area contributed by atoms with Crippen LogP contribution in [0.15, 0.2) is 24.4 Å². The standard InChI is InChI=1S/C18H22F3N3O3/c1-17(2,3)27-16(26)24-8-5-13(6-9-24)14-10-12(4-7-22-14)11-23-15(25)18(19,20)21/h4-5,7,10H,6,8-9,11H2,1-3H3,(H,23,25). The quantitative estimate of drug-likeness (QED) is 0.867. The van der Waals surface area contributed by atoms with E-state index in [2.05, 4.69) is 4.98 Å². The van der Waals surface area contributed by atoms with Gasteiger partial charge in [0.25, 0.3) is 0 Å². The average Bonchev–Trinajstić information content (AvgIpc) is 2.57. The SMILES string of the molecule is CC(C)(C)OC(=O)N1CC=C(c2cc(CNC(=O)C(F)(F)F)ccn2)CC1. The van der Waals surface area contributed by atoms with Gasteiger partial charge in [0.2, 0.25) is 0 Å². The molecule has 0 aliphatic carbocycles. The maximum atomic E-state index is 12.3. The summed E-state index contributed by atoms with van der Waals surface area (Å²) in [4.78, 5) is 28.8. The van der Waals surface area contributed by atoms with Crippen LogP contribution in [0.25, 0.3) is 5.57 Å². The van der Waals surface area contributed by atoms with Crippen LogP contribution in [0, 0.1) is 0 Å². The van der Waals surface area contributed by atoms with Crippen molar-refractivity contribution < 1.29 is 27.5 Å². The molecule has 1 aliphatic rings. The lowest BCUT2D eigenvalue weighted by Gasteiger charge is -2.29. The predicted octanol–water partition coefficient (Wildman–Crippen LogP) is 3.28. The third kappa shape index (κ3) is 6.26. The molecule has 2 rings (SSSR count). The van der Waals surface area contributed by atoms with Crippen molar-refractivity contribution in [2.75, 3.05) is 13.1 Å². The van der Waals surface area contributed by atoms with Crippen molar-refractivity contribution in [1.29, 1.82) is 0 Å². The van der Waals surface area contributed by atoms with Gasteiger partial charge in [0.15, 0.2) is 0 Å². The third-order valence-corrected chi connectivity index (χ3v) is 3.72. The number of pyridine rings is 1. The van der Waals surface area contributed by atoms with Crippen LogP contribution >= 0.6 is 0 Å². The number of carbonyl (C=O) groups is 2. The number of hydrogen-bond acceptors (Lipinski definition) is 4. The molecule has 2 heterocycles. The van der Waals surface area contributed by atoms with Gasteiger partial charge < -0.3 is 15.0 Å². The van der Waals surface area contributed by atoms with Gasteiger partial charge in [-0.1, -0.05) is 6.08 Å². The Balaban J connectivity index is 1.99. The van der Waals surface area contributed by atoms with Gasteiger partial charge in [0, 0.05) is 25.8 Å². The van der Waals surface area contributed by atoms with Crippen LogP contribution in [0.5, 0.6) is 0 Å². The molecule has 0 bridgehead atoms. The maximum Gasteiger partial charge on any atom is 0.471 e. The summed E-state index contributed by atoms with van der Waals surface area (Å²) in [6.07, 6.45) is -1.44. The predicted molar refractivity (Wildman–Crippen MR) is 92.5 cm³/mol. The fraction of sp³-hybridized carbons (Fsp3) is 0.500. The first kappa shape index (κ1) is 20.7. The molecule has 0 saturated carbocycles. The molecule has 0 atom stereocenters. The van der Waals surface area contributed by atoms with Crippen molar-refractivity contribution in [1.82, 2.24) is 15.2 Å². The van der Waals surface area contributed by atoms with E-state index in [9.17, 15) is 22.8 Å². The first-order valence-corrected chi connectivity index (χ1v) is 8.43. The average molecular weight is 385 g/mol. The molecule has 0 unspecified atom stereocenters. The van der Waals surface area contributed by atoms with Crippen LogP contribution in [0.3, 0.4) is 0 Å². The highest BCUT2D eigenvalue weighted by atomic mass is 19.4. The highest BCUT2D eigenvalue weighted by Crippen LogP contribution is 2.23. The molecule has 27 heavy (non-hydrogen) atoms. The highest BCUT2D eigenvalue weighted by molar-refractivity contribution is 5.81. The Labute approximate surface area is 155 Å². The third-order valence-electron chi connectivity index (χ3n) is 3.72. The second-order valence-corrected chi connectivity index (χ2v) is 7.14. The molecule has 2 amide bonds. The largest absolute Gasteiger partial charge is 0.471 e. The lowest BCUT2D eigenvalue weighted by molar-refractivity contribution is -0.173. The summed E-state index contributed by atoms with van der Waals surface area (Å²) >= 11 is 0. The van der Waals surface area contributed by atoms with Crippen LogP contribution < -0.4 is 5.32 Å². The van der Waals surface area contributed by atoms with E-state index >= 15 is 0 Å². The molecule has 1 aromatic rings. The van der Waals surface area contributed by atoms with Crippen molar-refractivity contribution in [3.63, 3.8) is 0 Å². The summed E-state index contributed by atoms with van der Waals surface area (Å²) in [5, 5.41) is 1.83. The van der Waals surface area contributed by atoms with Crippen molar-refractivity contribution in [2.24, 2.45) is 0 Å². The molecule has 0 saturated heterocycles. The van der Waals surface area contributed by atoms with Crippen molar-refractivity contribution in [3.8, 4) is 0 Å². The van der Waals surface area contributed by atoms with Gasteiger partial charge in [0.05, 0.1) is 5.69 Å². The Morgan fingerprint density at radius 3 is 2.56 bits per heavy atom. The fourth-order valence-electron chi connectivity index (χ4n) is 2.44. The molecule has 0 spiro atoms. The van der Waals surface area contributed by atoms with Crippen LogP contribution in [0.2, 0.25) is 0 Å². The van der Waals surface area contributed by atoms with E-state index < -0.39 is 23.8 Å². The number of aromatic nitrogens is 1. The van der Waals surface area contributed by atoms with Gasteiger partial charge in [-0.05, 0) is 50.5 Å². The first-order valence-electron chi connectivity index (χ1n) is 8.43. The number of alkyl halides is 3. The molecule has 6 nitrogen and oxygen atoms in total. The molecule has 9 heteroatoms. The normalized spacial score (nSPS) is 15.2. The fourth-order valence-corrected chi connectivity index (χ4v) is 2.44. The lowest BCUT2D eigenvalue weighted by atomic mass is 10.0. The van der Waals surface area contributed by atoms with E-state index in [1.807, 2.05) is 11.4 Å². The van der Waals surface area contributed by atoms with E-state index in [4.69, 9.17) is 4.74 Å². The van der Waals surface area contributed by atoms with Crippen LogP contribution in [-0.2, 0) is 16.1 Å². The Morgan fingerprint density at radius 1 is 1.30 bits per heavy atom. The van der Waals surface area contributed by atoms with Gasteiger partial charge >= 0.3 is 18.2 Å². The van der Waals surface area contributed by atoms with Crippen molar-refractivity contribution >= 4 is 17.6 Å². The maximum absolute atomic E-state index is 12.3. The molecule has 148 valence electrons. The summed E-state index contributed by atoms with van der Waals surface area (Å²) in [5.41, 5.74) is 1.43. The van der Waals surface area contributed by atoms with Crippen molar-refractivity contribution in [3.05, 3.63) is 35.7 Å². The van der Waals surface area contributed by atoms with Gasteiger partial charge in [-0.15, -0.1) is 0 Å². The zero-order chi connectivity index (χ0) is 20.2. The van der Waals surface area contributed by atoms with Gasteiger partial charge in [-0.3, -0.25) is 9.78 Å². The number of hydrogen-bond donors (Lipinski definition) is 1. The van der Waals surface area contributed by atoms with E-state index in [1.54, 1.807) is 31.7 Å². The second-order valence-electron chi connectivity index (χ2n) is 7.14. The van der Waals surface area contributed by atoms with Gasteiger partial charge in [-0.2, -0.15) is 13.2 Å². The monoisotopic (exact) mass is 385 g/mol. The Morgan fingerprint density at radius 2 is 2.00 bits per heavy atom. The number of halogens is 3. The van der Waals surface area contributed by atoms with Crippen molar-refractivity contribution in [2.45, 2.75) is 45.5 Å². The van der Waals surface area contributed by atoms with Gasteiger partial charge in [0.1, 0.15) is 5.60 Å². The lowest BCUT2D eigenvalue weighted by Crippen LogP contribution is -2.39. The highest BCUT2D eigenvalue weighted by Gasteiger charge is 2.38. The summed E-state index contributed by atoms with van der Waals surface area (Å²) in [7, 11) is 0. The number of amides is 2. The summed E-state index contributed by atoms with van der Waals surface area (Å²) in [6.45, 7) is 5.96. The van der Waals surface area contributed by atoms with Gasteiger partial charge in [-0.25, -0.2) is 4.79 Å². The number of ether oxygens (including phenoxy) is 1. The molecule has 1 aliphatic heterocycles. The first-order chi connectivity index (χ1) is 12.5. The van der Waals surface area contributed by atoms with Crippen LogP contribution in [-0.4, -0.2) is 46.8 Å². The number of nitrogens with zero attached hydrogens (tertiary/aromatic N) is 2. The summed E-state index contributed by atoms with van der Waals surface area (Å²) < 4.78 is 42.1.